The minimum absolute atomic E-state index is 0.000151. The van der Waals surface area contributed by atoms with E-state index < -0.39 is 23.4 Å². The van der Waals surface area contributed by atoms with Gasteiger partial charge in [-0.1, -0.05) is 60.7 Å². The first-order valence-corrected chi connectivity index (χ1v) is 25.4. The maximum atomic E-state index is 13.5. The molecule has 396 valence electrons. The van der Waals surface area contributed by atoms with Gasteiger partial charge in [-0.3, -0.25) is 24.4 Å². The van der Waals surface area contributed by atoms with Crippen LogP contribution in [-0.4, -0.2) is 183 Å². The van der Waals surface area contributed by atoms with Gasteiger partial charge in [0.25, 0.3) is 17.5 Å². The second-order valence-electron chi connectivity index (χ2n) is 18.7. The number of hydrogen-bond donors (Lipinski definition) is 4. The number of carbonyl (C=O) groups is 4. The van der Waals surface area contributed by atoms with Gasteiger partial charge in [-0.25, -0.2) is 34.1 Å². The van der Waals surface area contributed by atoms with Gasteiger partial charge < -0.3 is 44.6 Å². The Bertz CT molecular complexity index is 3500. The van der Waals surface area contributed by atoms with Gasteiger partial charge in [0.15, 0.2) is 11.6 Å². The highest BCUT2D eigenvalue weighted by Gasteiger charge is 2.35. The van der Waals surface area contributed by atoms with E-state index in [1.54, 1.807) is 31.3 Å². The number of amidine groups is 2. The summed E-state index contributed by atoms with van der Waals surface area (Å²) in [4.78, 5) is 88.3. The third-order valence-corrected chi connectivity index (χ3v) is 14.0. The third-order valence-electron chi connectivity index (χ3n) is 14.0. The average molecular weight is 1040 g/mol. The van der Waals surface area contributed by atoms with Crippen LogP contribution in [0.5, 0.6) is 11.5 Å². The van der Waals surface area contributed by atoms with Crippen molar-refractivity contribution in [3.8, 4) is 23.1 Å². The topological polar surface area (TPSA) is 272 Å². The van der Waals surface area contributed by atoms with Crippen molar-refractivity contribution in [2.24, 2.45) is 9.98 Å². The van der Waals surface area contributed by atoms with Crippen LogP contribution in [0.3, 0.4) is 0 Å². The number of ether oxygens (including phenoxy) is 2. The molecule has 2 aromatic carbocycles. The van der Waals surface area contributed by atoms with Gasteiger partial charge in [-0.2, -0.15) is 10.2 Å². The molecule has 4 aliphatic rings. The Balaban J connectivity index is 0.000000145. The minimum atomic E-state index is -1.54. The summed E-state index contributed by atoms with van der Waals surface area (Å²) in [6.07, 6.45) is 12.9. The monoisotopic (exact) mass is 1040 g/mol. The fourth-order valence-electron chi connectivity index (χ4n) is 10.3. The molecule has 0 radical (unpaired) electrons. The molecule has 2 saturated heterocycles. The molecule has 1 amide bonds. The maximum Gasteiger partial charge on any atom is 0.377 e. The first kappa shape index (κ1) is 51.4. The van der Waals surface area contributed by atoms with E-state index in [1.165, 1.54) is 72.7 Å². The lowest BCUT2D eigenvalue weighted by molar-refractivity contribution is -0.131. The Labute approximate surface area is 442 Å². The summed E-state index contributed by atoms with van der Waals surface area (Å²) in [6.45, 7) is 10.5. The van der Waals surface area contributed by atoms with Crippen molar-refractivity contribution in [2.75, 3.05) is 66.6 Å². The molecule has 0 aliphatic carbocycles. The number of piperidine rings is 2. The van der Waals surface area contributed by atoms with Crippen LogP contribution in [0.1, 0.15) is 69.2 Å². The Kier molecular flexibility index (Phi) is 15.2. The molecule has 0 spiro atoms. The van der Waals surface area contributed by atoms with Crippen molar-refractivity contribution in [3.05, 3.63) is 132 Å². The number of fused-ring (bicyclic) bond motifs is 2. The second-order valence-corrected chi connectivity index (χ2v) is 18.7. The predicted molar refractivity (Wildman–Crippen MR) is 285 cm³/mol. The van der Waals surface area contributed by atoms with Crippen molar-refractivity contribution in [2.45, 2.75) is 51.6 Å². The number of likely N-dealkylation sites (tertiary alicyclic amines) is 1. The Morgan fingerprint density at radius 2 is 1.05 bits per heavy atom. The Hall–Kier alpha value is -9.12. The molecule has 2 fully saturated rings. The van der Waals surface area contributed by atoms with E-state index in [9.17, 15) is 19.2 Å². The normalized spacial score (nSPS) is 15.9. The number of aliphatic carboxylic acids is 1. The lowest BCUT2D eigenvalue weighted by atomic mass is 10.0. The SMILES string of the molecule is COc1cnc(-n2cnc(C)n2)c2[nH]cc(C(=O)C(=O)N3CCC(N4CCN=C4c4ccccc4)CC3)c12.COc1cnc(-n2cnc(C)n2)c2[nH]cc(C(=O)C(=O)O)c12.c1ccc(C2=NCCN2C2CCNCC2)cc1. The first-order chi connectivity index (χ1) is 37.5. The summed E-state index contributed by atoms with van der Waals surface area (Å²) in [5.41, 5.74) is 3.62. The van der Waals surface area contributed by atoms with Gasteiger partial charge in [-0.05, 0) is 52.6 Å². The van der Waals surface area contributed by atoms with Crippen LogP contribution in [0.15, 0.2) is 108 Å². The summed E-state index contributed by atoms with van der Waals surface area (Å²) in [5.74, 6) is 1.26. The molecule has 0 unspecified atom stereocenters. The van der Waals surface area contributed by atoms with Gasteiger partial charge in [0.05, 0.1) is 72.6 Å². The zero-order valence-corrected chi connectivity index (χ0v) is 43.1. The van der Waals surface area contributed by atoms with Gasteiger partial charge in [0.2, 0.25) is 0 Å². The number of amides is 1. The van der Waals surface area contributed by atoms with Crippen LogP contribution >= 0.6 is 0 Å². The number of H-pyrrole nitrogens is 2. The molecule has 8 aromatic rings. The van der Waals surface area contributed by atoms with E-state index >= 15 is 0 Å². The maximum absolute atomic E-state index is 13.5. The molecule has 12 rings (SSSR count). The molecular weight excluding hydrogens is 985 g/mol. The van der Waals surface area contributed by atoms with E-state index in [0.717, 1.165) is 63.5 Å². The number of aromatic nitrogens is 10. The molecule has 23 nitrogen and oxygen atoms in total. The Morgan fingerprint density at radius 3 is 1.48 bits per heavy atom. The van der Waals surface area contributed by atoms with Crippen molar-refractivity contribution in [1.82, 2.24) is 69.5 Å². The van der Waals surface area contributed by atoms with E-state index in [2.05, 4.69) is 103 Å². The van der Waals surface area contributed by atoms with Crippen molar-refractivity contribution in [3.63, 3.8) is 0 Å². The number of benzene rings is 2. The number of aryl methyl sites for hydroxylation is 2. The summed E-state index contributed by atoms with van der Waals surface area (Å²) in [5, 5.41) is 21.7. The quantitative estimate of drug-likeness (QED) is 0.0960. The summed E-state index contributed by atoms with van der Waals surface area (Å²) >= 11 is 0. The van der Waals surface area contributed by atoms with Crippen LogP contribution in [0.2, 0.25) is 0 Å². The first-order valence-electron chi connectivity index (χ1n) is 25.4. The number of aromatic amines is 2. The fourth-order valence-corrected chi connectivity index (χ4v) is 10.3. The smallest absolute Gasteiger partial charge is 0.377 e. The average Bonchev–Trinajstić information content (AvgIpc) is 4.38. The molecule has 4 N–H and O–H groups in total. The van der Waals surface area contributed by atoms with E-state index in [4.69, 9.17) is 19.6 Å². The van der Waals surface area contributed by atoms with Crippen LogP contribution in [0, 0.1) is 13.8 Å². The molecule has 77 heavy (non-hydrogen) atoms. The lowest BCUT2D eigenvalue weighted by Gasteiger charge is -2.38. The number of pyridine rings is 2. The third kappa shape index (κ3) is 10.6. The van der Waals surface area contributed by atoms with Crippen LogP contribution in [0.25, 0.3) is 33.4 Å². The number of hydrogen-bond acceptors (Lipinski definition) is 17. The van der Waals surface area contributed by atoms with E-state index in [1.807, 2.05) is 18.2 Å². The highest BCUT2D eigenvalue weighted by molar-refractivity contribution is 6.45. The molecule has 0 atom stereocenters. The second kappa shape index (κ2) is 22.8. The number of carbonyl (C=O) groups excluding carboxylic acids is 3. The lowest BCUT2D eigenvalue weighted by Crippen LogP contribution is -2.49. The number of rotatable bonds is 12. The van der Waals surface area contributed by atoms with Gasteiger partial charge in [0, 0.05) is 61.8 Å². The number of Topliss-reactive ketones (excluding diaryl/α,β-unsaturated/α-hetero) is 2. The zero-order chi connectivity index (χ0) is 53.6. The minimum Gasteiger partial charge on any atom is -0.494 e. The zero-order valence-electron chi connectivity index (χ0n) is 43.1. The largest absolute Gasteiger partial charge is 0.494 e. The summed E-state index contributed by atoms with van der Waals surface area (Å²) < 4.78 is 13.6. The number of nitrogens with one attached hydrogen (secondary N) is 3. The fraction of sp³-hybridized carbons (Fsp3) is 0.333. The van der Waals surface area contributed by atoms with Crippen LogP contribution < -0.4 is 14.8 Å². The number of methoxy groups -OCH3 is 2. The van der Waals surface area contributed by atoms with E-state index in [0.29, 0.717) is 75.7 Å². The number of nitrogens with zero attached hydrogens (tertiary/aromatic N) is 13. The molecule has 0 saturated carbocycles. The van der Waals surface area contributed by atoms with Crippen LogP contribution in [0.4, 0.5) is 0 Å². The number of carboxylic acids is 1. The molecule has 0 bridgehead atoms. The molecule has 23 heteroatoms. The molecule has 6 aromatic heterocycles. The van der Waals surface area contributed by atoms with E-state index in [-0.39, 0.29) is 17.2 Å². The van der Waals surface area contributed by atoms with Crippen molar-refractivity contribution < 1.29 is 33.8 Å². The van der Waals surface area contributed by atoms with Gasteiger partial charge >= 0.3 is 5.97 Å². The highest BCUT2D eigenvalue weighted by atomic mass is 16.5. The number of aliphatic imine (C=N–C) groups is 2. The number of carboxylic acid groups (broad SMARTS) is 1. The number of ketones is 2. The molecular formula is C54H58N16O7. The Morgan fingerprint density at radius 1 is 0.597 bits per heavy atom. The van der Waals surface area contributed by atoms with Gasteiger partial charge in [0.1, 0.15) is 47.5 Å². The van der Waals surface area contributed by atoms with Crippen molar-refractivity contribution >= 4 is 56.9 Å². The van der Waals surface area contributed by atoms with Gasteiger partial charge in [-0.15, -0.1) is 0 Å². The highest BCUT2D eigenvalue weighted by Crippen LogP contribution is 2.34. The standard InChI is InChI=1S/C27H28N8O3.C14H19N3.C13H11N5O4/c1-17-31-16-35(32-17)26-23-22(21(38-2)15-30-26)20(14-29-23)24(36)27(37)33-11-8-19(9-12-33)34-13-10-28-25(34)18-6-4-3-5-7-18;1-2-4-12(5-3-1)14-16-10-11-17(14)13-6-8-15-9-7-13;1-6-16-5-18(17-6)12-10-9(8(22-2)4-15-12)7(3-14-10)11(19)13(20)21/h3-7,14-16,19,29H,8-13H2,1-2H3;1-5,13,15H,6-11H2;3-5,14H,1-2H3,(H,20,21). The predicted octanol–water partition coefficient (Wildman–Crippen LogP) is 4.63. The summed E-state index contributed by atoms with van der Waals surface area (Å²) in [7, 11) is 2.92. The molecule has 4 aliphatic heterocycles. The summed E-state index contributed by atoms with van der Waals surface area (Å²) in [6, 6.07) is 21.7. The molecule has 10 heterocycles. The van der Waals surface area contributed by atoms with Crippen LogP contribution in [-0.2, 0) is 9.59 Å². The van der Waals surface area contributed by atoms with Crippen molar-refractivity contribution in [1.29, 1.82) is 0 Å².